The number of nitrogens with one attached hydrogen (secondary N) is 1. The second-order valence-electron chi connectivity index (χ2n) is 5.67. The zero-order chi connectivity index (χ0) is 11.2. The first-order valence-electron chi connectivity index (χ1n) is 7.33. The molecule has 0 aromatic heterocycles. The molecule has 2 aliphatic rings. The molecule has 0 spiro atoms. The molecule has 2 fully saturated rings. The van der Waals surface area contributed by atoms with Crippen molar-refractivity contribution >= 4 is 0 Å². The number of hydrogen-bond acceptors (Lipinski definition) is 2. The van der Waals surface area contributed by atoms with Crippen molar-refractivity contribution in [3.05, 3.63) is 0 Å². The van der Waals surface area contributed by atoms with Crippen LogP contribution in [0.15, 0.2) is 0 Å². The van der Waals surface area contributed by atoms with Gasteiger partial charge in [-0.1, -0.05) is 19.3 Å². The number of rotatable bonds is 5. The van der Waals surface area contributed by atoms with E-state index in [4.69, 9.17) is 0 Å². The molecule has 1 heterocycles. The molecule has 16 heavy (non-hydrogen) atoms. The molecule has 2 rings (SSSR count). The third kappa shape index (κ3) is 3.74. The first kappa shape index (κ1) is 12.4. The third-order valence-corrected chi connectivity index (χ3v) is 4.35. The molecule has 1 N–H and O–H groups in total. The van der Waals surface area contributed by atoms with Gasteiger partial charge in [0.15, 0.2) is 0 Å². The van der Waals surface area contributed by atoms with Crippen LogP contribution < -0.4 is 5.32 Å². The van der Waals surface area contributed by atoms with Gasteiger partial charge in [0.2, 0.25) is 0 Å². The zero-order valence-corrected chi connectivity index (χ0v) is 10.9. The minimum atomic E-state index is 0.834. The molecule has 94 valence electrons. The van der Waals surface area contributed by atoms with Gasteiger partial charge >= 0.3 is 0 Å². The highest BCUT2D eigenvalue weighted by atomic mass is 15.2. The molecule has 0 unspecified atom stereocenters. The average Bonchev–Trinajstić information content (AvgIpc) is 2.79. The molecular formula is C14H28N2. The van der Waals surface area contributed by atoms with Crippen LogP contribution in [-0.4, -0.2) is 36.6 Å². The summed E-state index contributed by atoms with van der Waals surface area (Å²) in [7, 11) is 0. The average molecular weight is 224 g/mol. The van der Waals surface area contributed by atoms with Gasteiger partial charge < -0.3 is 10.2 Å². The van der Waals surface area contributed by atoms with Crippen LogP contribution >= 0.6 is 0 Å². The van der Waals surface area contributed by atoms with Crippen molar-refractivity contribution in [1.82, 2.24) is 10.2 Å². The van der Waals surface area contributed by atoms with Crippen molar-refractivity contribution in [2.45, 2.75) is 70.4 Å². The molecular weight excluding hydrogens is 196 g/mol. The van der Waals surface area contributed by atoms with Gasteiger partial charge in [0.1, 0.15) is 0 Å². The lowest BCUT2D eigenvalue weighted by Gasteiger charge is -2.33. The second kappa shape index (κ2) is 6.61. The number of hydrogen-bond donors (Lipinski definition) is 1. The molecule has 1 aliphatic heterocycles. The van der Waals surface area contributed by atoms with Gasteiger partial charge in [-0.25, -0.2) is 0 Å². The van der Waals surface area contributed by atoms with Gasteiger partial charge in [-0.2, -0.15) is 0 Å². The van der Waals surface area contributed by atoms with Gasteiger partial charge in [-0.3, -0.25) is 0 Å². The summed E-state index contributed by atoms with van der Waals surface area (Å²) in [5, 5.41) is 3.71. The Balaban J connectivity index is 1.53. The number of nitrogens with zero attached hydrogens (tertiary/aromatic N) is 1. The molecule has 0 radical (unpaired) electrons. The van der Waals surface area contributed by atoms with E-state index in [1.165, 1.54) is 71.0 Å². The zero-order valence-electron chi connectivity index (χ0n) is 10.9. The molecule has 2 nitrogen and oxygen atoms in total. The second-order valence-corrected chi connectivity index (χ2v) is 5.67. The van der Waals surface area contributed by atoms with E-state index in [0.717, 1.165) is 12.1 Å². The van der Waals surface area contributed by atoms with E-state index < -0.39 is 0 Å². The van der Waals surface area contributed by atoms with Crippen molar-refractivity contribution in [1.29, 1.82) is 0 Å². The van der Waals surface area contributed by atoms with Crippen LogP contribution in [0, 0.1) is 0 Å². The Bertz CT molecular complexity index is 187. The van der Waals surface area contributed by atoms with Gasteiger partial charge in [-0.05, 0) is 58.7 Å². The van der Waals surface area contributed by atoms with Crippen molar-refractivity contribution in [2.24, 2.45) is 0 Å². The largest absolute Gasteiger partial charge is 0.314 e. The lowest BCUT2D eigenvalue weighted by molar-refractivity contribution is 0.158. The summed E-state index contributed by atoms with van der Waals surface area (Å²) < 4.78 is 0. The summed E-state index contributed by atoms with van der Waals surface area (Å²) in [5.74, 6) is 0. The lowest BCUT2D eigenvalue weighted by atomic mass is 10.0. The SMILES string of the molecule is C[C@@H]1CCCCN1CCCNC1CCCC1. The van der Waals surface area contributed by atoms with E-state index in [9.17, 15) is 0 Å². The van der Waals surface area contributed by atoms with E-state index >= 15 is 0 Å². The summed E-state index contributed by atoms with van der Waals surface area (Å²) in [4.78, 5) is 2.68. The maximum Gasteiger partial charge on any atom is 0.00670 e. The Kier molecular flexibility index (Phi) is 5.11. The normalized spacial score (nSPS) is 28.7. The molecule has 1 saturated carbocycles. The maximum absolute atomic E-state index is 3.71. The monoisotopic (exact) mass is 224 g/mol. The van der Waals surface area contributed by atoms with Crippen LogP contribution in [-0.2, 0) is 0 Å². The maximum atomic E-state index is 3.71. The molecule has 1 aliphatic carbocycles. The summed E-state index contributed by atoms with van der Waals surface area (Å²) >= 11 is 0. The first-order valence-corrected chi connectivity index (χ1v) is 7.33. The Morgan fingerprint density at radius 1 is 1.06 bits per heavy atom. The predicted octanol–water partition coefficient (Wildman–Crippen LogP) is 2.78. The van der Waals surface area contributed by atoms with E-state index in [-0.39, 0.29) is 0 Å². The highest BCUT2D eigenvalue weighted by molar-refractivity contribution is 4.75. The molecule has 2 heteroatoms. The van der Waals surface area contributed by atoms with Crippen molar-refractivity contribution in [3.8, 4) is 0 Å². The number of piperidine rings is 1. The van der Waals surface area contributed by atoms with Crippen molar-refractivity contribution in [3.63, 3.8) is 0 Å². The fourth-order valence-electron chi connectivity index (χ4n) is 3.21. The van der Waals surface area contributed by atoms with E-state index in [2.05, 4.69) is 17.1 Å². The fourth-order valence-corrected chi connectivity index (χ4v) is 3.21. The minimum Gasteiger partial charge on any atom is -0.314 e. The molecule has 0 aromatic carbocycles. The van der Waals surface area contributed by atoms with Crippen molar-refractivity contribution in [2.75, 3.05) is 19.6 Å². The van der Waals surface area contributed by atoms with Crippen molar-refractivity contribution < 1.29 is 0 Å². The van der Waals surface area contributed by atoms with Crippen LogP contribution in [0.4, 0.5) is 0 Å². The van der Waals surface area contributed by atoms with Gasteiger partial charge in [-0.15, -0.1) is 0 Å². The third-order valence-electron chi connectivity index (χ3n) is 4.35. The fraction of sp³-hybridized carbons (Fsp3) is 1.00. The van der Waals surface area contributed by atoms with Gasteiger partial charge in [0.25, 0.3) is 0 Å². The molecule has 0 amide bonds. The Morgan fingerprint density at radius 3 is 2.56 bits per heavy atom. The number of likely N-dealkylation sites (tertiary alicyclic amines) is 1. The molecule has 1 saturated heterocycles. The standard InChI is InChI=1S/C14H28N2/c1-13-7-4-5-11-16(13)12-6-10-15-14-8-2-3-9-14/h13-15H,2-12H2,1H3/t13-/m1/s1. The van der Waals surface area contributed by atoms with E-state index in [0.29, 0.717) is 0 Å². The van der Waals surface area contributed by atoms with E-state index in [1.54, 1.807) is 0 Å². The van der Waals surface area contributed by atoms with E-state index in [1.807, 2.05) is 0 Å². The highest BCUT2D eigenvalue weighted by Crippen LogP contribution is 2.18. The lowest BCUT2D eigenvalue weighted by Crippen LogP contribution is -2.39. The van der Waals surface area contributed by atoms with Gasteiger partial charge in [0, 0.05) is 12.1 Å². The molecule has 1 atom stereocenters. The molecule has 0 aromatic rings. The van der Waals surface area contributed by atoms with Crippen LogP contribution in [0.1, 0.15) is 58.3 Å². The predicted molar refractivity (Wildman–Crippen MR) is 69.8 cm³/mol. The van der Waals surface area contributed by atoms with Crippen LogP contribution in [0.2, 0.25) is 0 Å². The Hall–Kier alpha value is -0.0800. The summed E-state index contributed by atoms with van der Waals surface area (Å²) in [6.45, 7) is 6.27. The summed E-state index contributed by atoms with van der Waals surface area (Å²) in [5.41, 5.74) is 0. The Morgan fingerprint density at radius 2 is 1.81 bits per heavy atom. The highest BCUT2D eigenvalue weighted by Gasteiger charge is 2.18. The summed E-state index contributed by atoms with van der Waals surface area (Å²) in [6, 6.07) is 1.68. The molecule has 0 bridgehead atoms. The smallest absolute Gasteiger partial charge is 0.00670 e. The van der Waals surface area contributed by atoms with Crippen LogP contribution in [0.5, 0.6) is 0 Å². The first-order chi connectivity index (χ1) is 7.86. The van der Waals surface area contributed by atoms with Crippen LogP contribution in [0.25, 0.3) is 0 Å². The quantitative estimate of drug-likeness (QED) is 0.722. The van der Waals surface area contributed by atoms with Gasteiger partial charge in [0.05, 0.1) is 0 Å². The van der Waals surface area contributed by atoms with Crippen LogP contribution in [0.3, 0.4) is 0 Å². The topological polar surface area (TPSA) is 15.3 Å². The minimum absolute atomic E-state index is 0.834. The summed E-state index contributed by atoms with van der Waals surface area (Å²) in [6.07, 6.45) is 11.3. The Labute approximate surface area is 101 Å².